The van der Waals surface area contributed by atoms with Gasteiger partial charge in [-0.1, -0.05) is 0 Å². The van der Waals surface area contributed by atoms with Gasteiger partial charge in [0.25, 0.3) is 0 Å². The van der Waals surface area contributed by atoms with Crippen LogP contribution < -0.4 is 5.32 Å². The maximum absolute atomic E-state index is 13.6. The minimum atomic E-state index is -1.21. The van der Waals surface area contributed by atoms with Crippen LogP contribution in [-0.2, 0) is 9.53 Å². The predicted octanol–water partition coefficient (Wildman–Crippen LogP) is 1.89. The fourth-order valence-corrected chi connectivity index (χ4v) is 1.98. The van der Waals surface area contributed by atoms with Crippen LogP contribution in [0.25, 0.3) is 0 Å². The molecule has 5 nitrogen and oxygen atoms in total. The third-order valence-corrected chi connectivity index (χ3v) is 3.04. The number of carbonyl (C=O) groups excluding carboxylic acids is 1. The number of halogens is 1. The lowest BCUT2D eigenvalue weighted by atomic mass is 10.1. The van der Waals surface area contributed by atoms with Crippen LogP contribution in [0.2, 0.25) is 0 Å². The molecule has 6 heteroatoms. The van der Waals surface area contributed by atoms with Crippen molar-refractivity contribution in [2.45, 2.75) is 19.4 Å². The minimum absolute atomic E-state index is 0.0189. The average molecular weight is 267 g/mol. The normalized spacial score (nSPS) is 22.2. The topological polar surface area (TPSA) is 75.6 Å². The maximum atomic E-state index is 13.6. The second-order valence-electron chi connectivity index (χ2n) is 4.57. The van der Waals surface area contributed by atoms with E-state index < -0.39 is 11.8 Å². The summed E-state index contributed by atoms with van der Waals surface area (Å²) >= 11 is 0. The summed E-state index contributed by atoms with van der Waals surface area (Å²) in [4.78, 5) is 22.5. The largest absolute Gasteiger partial charge is 0.478 e. The van der Waals surface area contributed by atoms with Crippen molar-refractivity contribution in [1.29, 1.82) is 0 Å². The van der Waals surface area contributed by atoms with Gasteiger partial charge in [-0.3, -0.25) is 4.79 Å². The number of hydrogen-bond acceptors (Lipinski definition) is 3. The molecule has 0 radical (unpaired) electrons. The number of aromatic carboxylic acids is 1. The summed E-state index contributed by atoms with van der Waals surface area (Å²) in [6, 6.07) is 3.37. The highest BCUT2D eigenvalue weighted by Crippen LogP contribution is 2.22. The second kappa shape index (κ2) is 5.36. The van der Waals surface area contributed by atoms with Crippen LogP contribution in [-0.4, -0.2) is 29.7 Å². The third-order valence-electron chi connectivity index (χ3n) is 3.04. The lowest BCUT2D eigenvalue weighted by Crippen LogP contribution is -2.23. The fraction of sp³-hybridized carbons (Fsp3) is 0.385. The third kappa shape index (κ3) is 3.08. The highest BCUT2D eigenvalue weighted by atomic mass is 19.1. The molecule has 0 spiro atoms. The first-order chi connectivity index (χ1) is 8.97. The first kappa shape index (κ1) is 13.5. The second-order valence-corrected chi connectivity index (χ2v) is 4.57. The van der Waals surface area contributed by atoms with Gasteiger partial charge in [-0.25, -0.2) is 9.18 Å². The van der Waals surface area contributed by atoms with E-state index in [4.69, 9.17) is 9.84 Å². The molecule has 1 heterocycles. The summed E-state index contributed by atoms with van der Waals surface area (Å²) in [5.41, 5.74) is -0.178. The molecule has 19 heavy (non-hydrogen) atoms. The van der Waals surface area contributed by atoms with Crippen LogP contribution in [0.4, 0.5) is 10.1 Å². The van der Waals surface area contributed by atoms with Gasteiger partial charge in [0, 0.05) is 0 Å². The summed E-state index contributed by atoms with van der Waals surface area (Å²) in [5.74, 6) is -2.59. The molecule has 1 aromatic rings. The maximum Gasteiger partial charge on any atom is 0.335 e. The van der Waals surface area contributed by atoms with Crippen molar-refractivity contribution < 1.29 is 23.8 Å². The number of nitrogens with one attached hydrogen (secondary N) is 1. The molecular formula is C13H14FNO4. The number of carboxylic acid groups (broad SMARTS) is 1. The molecule has 2 N–H and O–H groups in total. The average Bonchev–Trinajstić information content (AvgIpc) is 2.78. The van der Waals surface area contributed by atoms with E-state index in [1.165, 1.54) is 12.1 Å². The minimum Gasteiger partial charge on any atom is -0.478 e. The number of benzene rings is 1. The highest BCUT2D eigenvalue weighted by molar-refractivity contribution is 5.94. The molecule has 1 amide bonds. The molecule has 1 aliphatic rings. The van der Waals surface area contributed by atoms with Crippen LogP contribution in [0.3, 0.4) is 0 Å². The Kier molecular flexibility index (Phi) is 3.80. The van der Waals surface area contributed by atoms with Gasteiger partial charge in [0.15, 0.2) is 0 Å². The lowest BCUT2D eigenvalue weighted by molar-refractivity contribution is -0.119. The smallest absolute Gasteiger partial charge is 0.335 e. The molecular weight excluding hydrogens is 253 g/mol. The molecule has 0 aliphatic carbocycles. The van der Waals surface area contributed by atoms with E-state index in [2.05, 4.69) is 5.32 Å². The van der Waals surface area contributed by atoms with E-state index in [0.717, 1.165) is 6.07 Å². The van der Waals surface area contributed by atoms with Crippen molar-refractivity contribution >= 4 is 17.6 Å². The Labute approximate surface area is 109 Å². The molecule has 1 aliphatic heterocycles. The quantitative estimate of drug-likeness (QED) is 0.876. The van der Waals surface area contributed by atoms with Gasteiger partial charge in [0.05, 0.1) is 29.9 Å². The molecule has 0 saturated carbocycles. The van der Waals surface area contributed by atoms with Gasteiger partial charge < -0.3 is 15.2 Å². The van der Waals surface area contributed by atoms with Gasteiger partial charge >= 0.3 is 5.97 Å². The number of carbonyl (C=O) groups is 2. The Morgan fingerprint density at radius 1 is 1.47 bits per heavy atom. The summed E-state index contributed by atoms with van der Waals surface area (Å²) < 4.78 is 18.9. The van der Waals surface area contributed by atoms with E-state index in [9.17, 15) is 14.0 Å². The Morgan fingerprint density at radius 3 is 2.74 bits per heavy atom. The Bertz CT molecular complexity index is 517. The van der Waals surface area contributed by atoms with E-state index in [1.54, 1.807) is 0 Å². The highest BCUT2D eigenvalue weighted by Gasteiger charge is 2.28. The van der Waals surface area contributed by atoms with Crippen LogP contribution in [0.1, 0.15) is 23.7 Å². The van der Waals surface area contributed by atoms with Crippen LogP contribution >= 0.6 is 0 Å². The molecule has 0 aromatic heterocycles. The van der Waals surface area contributed by atoms with Crippen LogP contribution in [0.15, 0.2) is 18.2 Å². The number of anilines is 1. The van der Waals surface area contributed by atoms with Crippen LogP contribution in [0, 0.1) is 11.7 Å². The Morgan fingerprint density at radius 2 is 2.21 bits per heavy atom. The van der Waals surface area contributed by atoms with Crippen molar-refractivity contribution in [2.75, 3.05) is 11.9 Å². The predicted molar refractivity (Wildman–Crippen MR) is 65.5 cm³/mol. The van der Waals surface area contributed by atoms with E-state index >= 15 is 0 Å². The van der Waals surface area contributed by atoms with E-state index in [0.29, 0.717) is 13.0 Å². The SMILES string of the molecule is CC1CC(C(=O)Nc2ccc(C(=O)O)cc2F)CO1. The van der Waals surface area contributed by atoms with Gasteiger partial charge in [-0.2, -0.15) is 0 Å². The number of amides is 1. The van der Waals surface area contributed by atoms with Gasteiger partial charge in [-0.15, -0.1) is 0 Å². The first-order valence-electron chi connectivity index (χ1n) is 5.92. The number of rotatable bonds is 3. The molecule has 102 valence electrons. The Hall–Kier alpha value is -1.95. The summed E-state index contributed by atoms with van der Waals surface area (Å²) in [5, 5.41) is 11.2. The zero-order valence-electron chi connectivity index (χ0n) is 10.4. The Balaban J connectivity index is 2.07. The van der Waals surface area contributed by atoms with Crippen LogP contribution in [0.5, 0.6) is 0 Å². The zero-order valence-corrected chi connectivity index (χ0v) is 10.4. The summed E-state index contributed by atoms with van der Waals surface area (Å²) in [7, 11) is 0. The van der Waals surface area contributed by atoms with E-state index in [1.807, 2.05) is 6.92 Å². The lowest BCUT2D eigenvalue weighted by Gasteiger charge is -2.10. The number of hydrogen-bond donors (Lipinski definition) is 2. The number of ether oxygens (including phenoxy) is 1. The van der Waals surface area contributed by atoms with Gasteiger partial charge in [0.1, 0.15) is 5.82 Å². The van der Waals surface area contributed by atoms with Gasteiger partial charge in [-0.05, 0) is 31.5 Å². The van der Waals surface area contributed by atoms with Crippen molar-refractivity contribution in [2.24, 2.45) is 5.92 Å². The standard InChI is InChI=1S/C13H14FNO4/c1-7-4-9(6-19-7)12(16)15-11-3-2-8(13(17)18)5-10(11)14/h2-3,5,7,9H,4,6H2,1H3,(H,15,16)(H,17,18). The molecule has 2 unspecified atom stereocenters. The van der Waals surface area contributed by atoms with Crippen molar-refractivity contribution in [3.05, 3.63) is 29.6 Å². The van der Waals surface area contributed by atoms with Crippen molar-refractivity contribution in [3.8, 4) is 0 Å². The zero-order chi connectivity index (χ0) is 14.0. The molecule has 1 fully saturated rings. The van der Waals surface area contributed by atoms with Gasteiger partial charge in [0.2, 0.25) is 5.91 Å². The molecule has 0 bridgehead atoms. The van der Waals surface area contributed by atoms with Crippen molar-refractivity contribution in [1.82, 2.24) is 0 Å². The summed E-state index contributed by atoms with van der Waals surface area (Å²) in [6.07, 6.45) is 0.621. The molecule has 1 aromatic carbocycles. The van der Waals surface area contributed by atoms with E-state index in [-0.39, 0.29) is 29.2 Å². The van der Waals surface area contributed by atoms with Crippen molar-refractivity contribution in [3.63, 3.8) is 0 Å². The molecule has 1 saturated heterocycles. The number of carboxylic acids is 1. The fourth-order valence-electron chi connectivity index (χ4n) is 1.98. The molecule has 2 rings (SSSR count). The summed E-state index contributed by atoms with van der Waals surface area (Å²) in [6.45, 7) is 2.19. The molecule has 2 atom stereocenters. The first-order valence-corrected chi connectivity index (χ1v) is 5.92. The monoisotopic (exact) mass is 267 g/mol.